The number of hydrogen-bond acceptors (Lipinski definition) is 8. The molecule has 0 aliphatic heterocycles. The molecule has 0 fully saturated rings. The first-order valence-electron chi connectivity index (χ1n) is 14.2. The maximum absolute atomic E-state index is 13.7. The first kappa shape index (κ1) is 30.5. The number of aliphatic hydroxyl groups is 1. The predicted octanol–water partition coefficient (Wildman–Crippen LogP) is 4.68. The lowest BCUT2D eigenvalue weighted by Gasteiger charge is -2.31. The van der Waals surface area contributed by atoms with Crippen molar-refractivity contribution in [3.63, 3.8) is 0 Å². The Morgan fingerprint density at radius 1 is 1.05 bits per heavy atom. The number of aromatic nitrogens is 2. The van der Waals surface area contributed by atoms with Gasteiger partial charge in [0, 0.05) is 50.2 Å². The van der Waals surface area contributed by atoms with Crippen LogP contribution >= 0.6 is 0 Å². The second kappa shape index (κ2) is 14.5. The summed E-state index contributed by atoms with van der Waals surface area (Å²) < 4.78 is 11.3. The largest absolute Gasteiger partial charge is 0.445 e. The molecule has 0 spiro atoms. The van der Waals surface area contributed by atoms with Gasteiger partial charge < -0.3 is 29.4 Å². The first-order chi connectivity index (χ1) is 20.2. The molecular weight excluding hydrogens is 534 g/mol. The number of carbonyl (C=O) groups is 2. The molecule has 2 atom stereocenters. The summed E-state index contributed by atoms with van der Waals surface area (Å²) >= 11 is 0. The van der Waals surface area contributed by atoms with Crippen LogP contribution in [0.25, 0.3) is 11.1 Å². The van der Waals surface area contributed by atoms with E-state index in [2.05, 4.69) is 15.3 Å². The second-order valence-electron chi connectivity index (χ2n) is 10.7. The quantitative estimate of drug-likeness (QED) is 0.237. The van der Waals surface area contributed by atoms with Gasteiger partial charge >= 0.3 is 6.09 Å². The summed E-state index contributed by atoms with van der Waals surface area (Å²) in [7, 11) is 1.89. The number of amides is 2. The highest BCUT2D eigenvalue weighted by Crippen LogP contribution is 2.23. The van der Waals surface area contributed by atoms with Crippen molar-refractivity contribution in [2.45, 2.75) is 45.9 Å². The van der Waals surface area contributed by atoms with Gasteiger partial charge in [0.25, 0.3) is 11.9 Å². The summed E-state index contributed by atoms with van der Waals surface area (Å²) in [6.07, 6.45) is 1.89. The van der Waals surface area contributed by atoms with E-state index in [9.17, 15) is 14.7 Å². The maximum atomic E-state index is 13.7. The Hall–Kier alpha value is -4.44. The van der Waals surface area contributed by atoms with E-state index in [1.54, 1.807) is 41.6 Å². The Balaban J connectivity index is 1.51. The smallest absolute Gasteiger partial charge is 0.407 e. The van der Waals surface area contributed by atoms with Crippen molar-refractivity contribution in [2.24, 2.45) is 5.92 Å². The highest BCUT2D eigenvalue weighted by Gasteiger charge is 2.28. The Labute approximate surface area is 246 Å². The fraction of sp³-hybridized carbons (Fsp3) is 0.375. The minimum atomic E-state index is -1.07. The molecule has 2 heterocycles. The van der Waals surface area contributed by atoms with Crippen LogP contribution < -0.4 is 10.2 Å². The molecule has 2 aromatic heterocycles. The standard InChI is InChI=1S/C32H39N5O5/c1-5-36(4)31-34-26-14-13-25(17-29(26)42-31)30(39)37(19-22(2)3)20-28(38)27(16-23-10-7-6-8-11-23)35-32(40)41-21-24-12-9-15-33-18-24/h6-15,17-18,22,27-28,38H,5,16,19-21H2,1-4H3,(H,35,40)/t27-,28+/m0/s1. The molecule has 0 radical (unpaired) electrons. The maximum Gasteiger partial charge on any atom is 0.407 e. The van der Waals surface area contributed by atoms with Crippen LogP contribution in [0.2, 0.25) is 0 Å². The molecule has 222 valence electrons. The summed E-state index contributed by atoms with van der Waals surface area (Å²) in [6.45, 7) is 7.22. The van der Waals surface area contributed by atoms with Gasteiger partial charge in [-0.25, -0.2) is 4.79 Å². The number of rotatable bonds is 13. The van der Waals surface area contributed by atoms with Crippen molar-refractivity contribution >= 4 is 29.1 Å². The Morgan fingerprint density at radius 2 is 1.81 bits per heavy atom. The monoisotopic (exact) mass is 573 g/mol. The van der Waals surface area contributed by atoms with Crippen LogP contribution in [0.4, 0.5) is 10.8 Å². The number of hydrogen-bond donors (Lipinski definition) is 2. The summed E-state index contributed by atoms with van der Waals surface area (Å²) in [5.41, 5.74) is 3.29. The lowest BCUT2D eigenvalue weighted by molar-refractivity contribution is 0.0493. The van der Waals surface area contributed by atoms with Gasteiger partial charge in [-0.3, -0.25) is 9.78 Å². The molecule has 0 unspecified atom stereocenters. The van der Waals surface area contributed by atoms with Gasteiger partial charge in [-0.15, -0.1) is 0 Å². The van der Waals surface area contributed by atoms with Crippen molar-refractivity contribution in [1.29, 1.82) is 0 Å². The molecule has 2 aromatic carbocycles. The average molecular weight is 574 g/mol. The Morgan fingerprint density at radius 3 is 2.50 bits per heavy atom. The van der Waals surface area contributed by atoms with Gasteiger partial charge in [0.2, 0.25) is 0 Å². The molecule has 2 amide bonds. The third-order valence-electron chi connectivity index (χ3n) is 6.86. The van der Waals surface area contributed by atoms with Crippen molar-refractivity contribution in [1.82, 2.24) is 20.2 Å². The van der Waals surface area contributed by atoms with Crippen molar-refractivity contribution in [3.8, 4) is 0 Å². The van der Waals surface area contributed by atoms with Gasteiger partial charge in [0.1, 0.15) is 12.1 Å². The zero-order valence-corrected chi connectivity index (χ0v) is 24.6. The molecule has 2 N–H and O–H groups in total. The number of benzene rings is 2. The predicted molar refractivity (Wildman–Crippen MR) is 161 cm³/mol. The summed E-state index contributed by atoms with van der Waals surface area (Å²) in [6, 6.07) is 18.1. The molecule has 42 heavy (non-hydrogen) atoms. The van der Waals surface area contributed by atoms with Gasteiger partial charge in [-0.2, -0.15) is 4.98 Å². The van der Waals surface area contributed by atoms with Crippen LogP contribution in [0, 0.1) is 5.92 Å². The number of oxazole rings is 1. The number of alkyl carbamates (subject to hydrolysis) is 1. The molecular formula is C32H39N5O5. The van der Waals surface area contributed by atoms with Crippen LogP contribution in [0.15, 0.2) is 77.5 Å². The zero-order valence-electron chi connectivity index (χ0n) is 24.6. The molecule has 0 saturated carbocycles. The van der Waals surface area contributed by atoms with E-state index >= 15 is 0 Å². The average Bonchev–Trinajstić information content (AvgIpc) is 3.43. The SMILES string of the molecule is CCN(C)c1nc2ccc(C(=O)N(CC(C)C)C[C@@H](O)[C@H](Cc3ccccc3)NC(=O)OCc3cccnc3)cc2o1. The van der Waals surface area contributed by atoms with Crippen LogP contribution in [0.5, 0.6) is 0 Å². The van der Waals surface area contributed by atoms with E-state index in [1.807, 2.05) is 69.1 Å². The van der Waals surface area contributed by atoms with Crippen LogP contribution in [-0.2, 0) is 17.8 Å². The van der Waals surface area contributed by atoms with Crippen LogP contribution in [-0.4, -0.2) is 70.8 Å². The van der Waals surface area contributed by atoms with E-state index in [-0.39, 0.29) is 25.0 Å². The molecule has 10 nitrogen and oxygen atoms in total. The van der Waals surface area contributed by atoms with E-state index in [0.29, 0.717) is 35.6 Å². The third-order valence-corrected chi connectivity index (χ3v) is 6.86. The Bertz CT molecular complexity index is 1440. The topological polar surface area (TPSA) is 121 Å². The summed E-state index contributed by atoms with van der Waals surface area (Å²) in [5, 5.41) is 14.3. The number of ether oxygens (including phenoxy) is 1. The van der Waals surface area contributed by atoms with Gasteiger partial charge in [0.05, 0.1) is 12.1 Å². The molecule has 4 rings (SSSR count). The first-order valence-corrected chi connectivity index (χ1v) is 14.2. The van der Waals surface area contributed by atoms with E-state index < -0.39 is 18.2 Å². The number of pyridine rings is 1. The molecule has 0 bridgehead atoms. The lowest BCUT2D eigenvalue weighted by Crippen LogP contribution is -2.51. The van der Waals surface area contributed by atoms with Gasteiger partial charge in [-0.1, -0.05) is 50.2 Å². The summed E-state index contributed by atoms with van der Waals surface area (Å²) in [5.74, 6) is -0.103. The van der Waals surface area contributed by atoms with Crippen LogP contribution in [0.1, 0.15) is 42.3 Å². The number of aliphatic hydroxyl groups excluding tert-OH is 1. The highest BCUT2D eigenvalue weighted by molar-refractivity contribution is 5.97. The molecule has 0 saturated heterocycles. The lowest BCUT2D eigenvalue weighted by atomic mass is 10.00. The second-order valence-corrected chi connectivity index (χ2v) is 10.7. The number of nitrogens with one attached hydrogen (secondary N) is 1. The molecule has 0 aliphatic rings. The van der Waals surface area contributed by atoms with Crippen molar-refractivity contribution < 1.29 is 23.8 Å². The zero-order chi connectivity index (χ0) is 30.1. The molecule has 4 aromatic rings. The van der Waals surface area contributed by atoms with Crippen molar-refractivity contribution in [3.05, 3.63) is 89.7 Å². The molecule has 0 aliphatic carbocycles. The molecule has 10 heteroatoms. The number of carbonyl (C=O) groups excluding carboxylic acids is 2. The van der Waals surface area contributed by atoms with Crippen molar-refractivity contribution in [2.75, 3.05) is 31.6 Å². The number of nitrogens with zero attached hydrogens (tertiary/aromatic N) is 4. The van der Waals surface area contributed by atoms with E-state index in [4.69, 9.17) is 9.15 Å². The van der Waals surface area contributed by atoms with E-state index in [0.717, 1.165) is 17.7 Å². The normalized spacial score (nSPS) is 12.6. The summed E-state index contributed by atoms with van der Waals surface area (Å²) in [4.78, 5) is 38.5. The highest BCUT2D eigenvalue weighted by atomic mass is 16.5. The minimum Gasteiger partial charge on any atom is -0.445 e. The fourth-order valence-corrected chi connectivity index (χ4v) is 4.54. The number of fused-ring (bicyclic) bond motifs is 1. The van der Waals surface area contributed by atoms with Gasteiger partial charge in [0.15, 0.2) is 5.58 Å². The fourth-order valence-electron chi connectivity index (χ4n) is 4.54. The minimum absolute atomic E-state index is 0.00959. The van der Waals surface area contributed by atoms with Gasteiger partial charge in [-0.05, 0) is 49.1 Å². The van der Waals surface area contributed by atoms with Crippen LogP contribution in [0.3, 0.4) is 0 Å². The number of anilines is 1. The van der Waals surface area contributed by atoms with E-state index in [1.165, 1.54) is 0 Å². The third kappa shape index (κ3) is 8.29. The Kier molecular flexibility index (Phi) is 10.5.